The van der Waals surface area contributed by atoms with Gasteiger partial charge in [-0.2, -0.15) is 11.8 Å². The highest BCUT2D eigenvalue weighted by atomic mass is 32.2. The van der Waals surface area contributed by atoms with E-state index in [0.29, 0.717) is 23.3 Å². The zero-order valence-electron chi connectivity index (χ0n) is 27.6. The van der Waals surface area contributed by atoms with Gasteiger partial charge < -0.3 is 9.84 Å². The molecule has 1 rings (SSSR count). The van der Waals surface area contributed by atoms with Crippen molar-refractivity contribution in [2.24, 2.45) is 17.8 Å². The fraction of sp³-hybridized carbons (Fsp3) is 0.800. The number of benzene rings is 1. The van der Waals surface area contributed by atoms with Crippen molar-refractivity contribution >= 4 is 17.7 Å². The summed E-state index contributed by atoms with van der Waals surface area (Å²) in [6.45, 7) is 25.8. The third-order valence-corrected chi connectivity index (χ3v) is 10.0. The smallest absolute Gasteiger partial charge is 0.303 e. The number of rotatable bonds is 18. The molecule has 39 heavy (non-hydrogen) atoms. The predicted molar refractivity (Wildman–Crippen MR) is 172 cm³/mol. The van der Waals surface area contributed by atoms with Crippen molar-refractivity contribution in [2.45, 2.75) is 163 Å². The van der Waals surface area contributed by atoms with Crippen molar-refractivity contribution in [3.63, 3.8) is 0 Å². The molecule has 0 aliphatic heterocycles. The first kappa shape index (κ1) is 35.9. The Morgan fingerprint density at radius 2 is 1.28 bits per heavy atom. The van der Waals surface area contributed by atoms with Gasteiger partial charge in [0.15, 0.2) is 0 Å². The van der Waals surface area contributed by atoms with E-state index < -0.39 is 5.60 Å². The average molecular weight is 563 g/mol. The van der Waals surface area contributed by atoms with Crippen molar-refractivity contribution in [1.82, 2.24) is 0 Å². The Morgan fingerprint density at radius 3 is 1.77 bits per heavy atom. The van der Waals surface area contributed by atoms with Gasteiger partial charge in [-0.25, -0.2) is 0 Å². The number of phenolic OH excluding ortho intramolecular Hbond substituents is 1. The van der Waals surface area contributed by atoms with Crippen LogP contribution in [-0.4, -0.2) is 21.9 Å². The van der Waals surface area contributed by atoms with Crippen LogP contribution in [0.3, 0.4) is 0 Å². The Balaban J connectivity index is 2.88. The largest absolute Gasteiger partial charge is 0.507 e. The average Bonchev–Trinajstić information content (AvgIpc) is 2.80. The van der Waals surface area contributed by atoms with Crippen LogP contribution >= 0.6 is 11.8 Å². The summed E-state index contributed by atoms with van der Waals surface area (Å²) in [6.07, 6.45) is 11.7. The normalized spacial score (nSPS) is 15.8. The van der Waals surface area contributed by atoms with Crippen LogP contribution in [0.25, 0.3) is 0 Å². The fourth-order valence-corrected chi connectivity index (χ4v) is 7.53. The summed E-state index contributed by atoms with van der Waals surface area (Å²) in [5, 5.41) is 11.7. The van der Waals surface area contributed by atoms with Crippen LogP contribution in [0.2, 0.25) is 0 Å². The molecule has 0 amide bonds. The van der Waals surface area contributed by atoms with E-state index in [1.807, 2.05) is 18.7 Å². The van der Waals surface area contributed by atoms with E-state index in [1.54, 1.807) is 0 Å². The lowest BCUT2D eigenvalue weighted by atomic mass is 9.85. The maximum Gasteiger partial charge on any atom is 0.303 e. The van der Waals surface area contributed by atoms with Gasteiger partial charge in [-0.05, 0) is 92.7 Å². The van der Waals surface area contributed by atoms with Crippen LogP contribution in [-0.2, 0) is 9.53 Å². The van der Waals surface area contributed by atoms with Crippen molar-refractivity contribution < 1.29 is 14.6 Å². The summed E-state index contributed by atoms with van der Waals surface area (Å²) in [5.41, 5.74) is 4.97. The van der Waals surface area contributed by atoms with Gasteiger partial charge in [-0.3, -0.25) is 4.79 Å². The number of esters is 1. The van der Waals surface area contributed by atoms with E-state index in [4.69, 9.17) is 4.74 Å². The molecule has 0 heterocycles. The lowest BCUT2D eigenvalue weighted by Crippen LogP contribution is -2.33. The molecule has 0 fully saturated rings. The maximum absolute atomic E-state index is 12.2. The molecule has 1 aromatic carbocycles. The molecular weight excluding hydrogens is 500 g/mol. The maximum atomic E-state index is 12.2. The topological polar surface area (TPSA) is 46.5 Å². The standard InChI is InChI=1S/C35H62O3S/c1-23(2)16-13-17-25(5)18-14-19-26(6)20-15-21-35(12,38-31(11)36)22-32(39-24(3)4)33-29(9)27(7)28(8)30(10)34(33)37/h23-26,32,37H,13-22H2,1-12H3/t25-,26-,32?,35-/m1/s1. The zero-order chi connectivity index (χ0) is 29.9. The van der Waals surface area contributed by atoms with Gasteiger partial charge in [0.05, 0.1) is 0 Å². The van der Waals surface area contributed by atoms with Gasteiger partial charge in [0, 0.05) is 24.2 Å². The zero-order valence-corrected chi connectivity index (χ0v) is 28.4. The summed E-state index contributed by atoms with van der Waals surface area (Å²) in [6, 6.07) is 0. The minimum absolute atomic E-state index is 0.0574. The number of carbonyl (C=O) groups is 1. The Labute approximate surface area is 246 Å². The predicted octanol–water partition coefficient (Wildman–Crippen LogP) is 11.0. The van der Waals surface area contributed by atoms with Crippen LogP contribution in [0.1, 0.15) is 153 Å². The van der Waals surface area contributed by atoms with Crippen LogP contribution in [0, 0.1) is 45.4 Å². The summed E-state index contributed by atoms with van der Waals surface area (Å²) in [5.74, 6) is 2.51. The summed E-state index contributed by atoms with van der Waals surface area (Å²) >= 11 is 1.87. The van der Waals surface area contributed by atoms with Gasteiger partial charge in [-0.15, -0.1) is 0 Å². The van der Waals surface area contributed by atoms with E-state index in [0.717, 1.165) is 53.4 Å². The van der Waals surface area contributed by atoms with E-state index in [-0.39, 0.29) is 11.2 Å². The second-order valence-electron chi connectivity index (χ2n) is 13.5. The number of carbonyl (C=O) groups excluding carboxylic acids is 1. The van der Waals surface area contributed by atoms with Gasteiger partial charge in [0.25, 0.3) is 0 Å². The first-order valence-electron chi connectivity index (χ1n) is 15.7. The fourth-order valence-electron chi connectivity index (χ4n) is 6.00. The Morgan fingerprint density at radius 1 is 0.795 bits per heavy atom. The second kappa shape index (κ2) is 16.9. The molecule has 3 nitrogen and oxygen atoms in total. The minimum Gasteiger partial charge on any atom is -0.507 e. The van der Waals surface area contributed by atoms with E-state index >= 15 is 0 Å². The van der Waals surface area contributed by atoms with Gasteiger partial charge >= 0.3 is 5.97 Å². The molecule has 0 aliphatic rings. The molecule has 1 aromatic rings. The van der Waals surface area contributed by atoms with Crippen molar-refractivity contribution in [3.05, 3.63) is 27.8 Å². The van der Waals surface area contributed by atoms with Crippen LogP contribution in [0.5, 0.6) is 5.75 Å². The molecule has 1 unspecified atom stereocenters. The highest BCUT2D eigenvalue weighted by Crippen LogP contribution is 2.48. The first-order valence-corrected chi connectivity index (χ1v) is 16.7. The molecule has 0 bridgehead atoms. The number of hydrogen-bond acceptors (Lipinski definition) is 4. The van der Waals surface area contributed by atoms with Gasteiger partial charge in [0.1, 0.15) is 11.4 Å². The number of ether oxygens (including phenoxy) is 1. The molecule has 0 saturated heterocycles. The second-order valence-corrected chi connectivity index (χ2v) is 15.3. The Hall–Kier alpha value is -1.16. The monoisotopic (exact) mass is 562 g/mol. The third-order valence-electron chi connectivity index (χ3n) is 8.74. The molecule has 0 aromatic heterocycles. The van der Waals surface area contributed by atoms with Crippen LogP contribution in [0.4, 0.5) is 0 Å². The van der Waals surface area contributed by atoms with Gasteiger partial charge in [-0.1, -0.05) is 86.5 Å². The van der Waals surface area contributed by atoms with Crippen molar-refractivity contribution in [2.75, 3.05) is 0 Å². The molecule has 0 saturated carbocycles. The molecule has 1 N–H and O–H groups in total. The van der Waals surface area contributed by atoms with Crippen LogP contribution in [0.15, 0.2) is 0 Å². The molecule has 0 aliphatic carbocycles. The molecule has 0 spiro atoms. The minimum atomic E-state index is -0.561. The molecule has 226 valence electrons. The molecule has 0 radical (unpaired) electrons. The lowest BCUT2D eigenvalue weighted by molar-refractivity contribution is -0.156. The number of hydrogen-bond donors (Lipinski definition) is 1. The highest BCUT2D eigenvalue weighted by molar-refractivity contribution is 8.00. The van der Waals surface area contributed by atoms with Crippen molar-refractivity contribution in [3.8, 4) is 5.75 Å². The number of aromatic hydroxyl groups is 1. The number of thioether (sulfide) groups is 1. The first-order chi connectivity index (χ1) is 18.1. The Bertz CT molecular complexity index is 861. The molecule has 4 heteroatoms. The Kier molecular flexibility index (Phi) is 15.6. The number of phenols is 1. The molecule has 4 atom stereocenters. The summed E-state index contributed by atoms with van der Waals surface area (Å²) < 4.78 is 6.05. The summed E-state index contributed by atoms with van der Waals surface area (Å²) in [7, 11) is 0. The van der Waals surface area contributed by atoms with E-state index in [9.17, 15) is 9.90 Å². The lowest BCUT2D eigenvalue weighted by Gasteiger charge is -2.35. The highest BCUT2D eigenvalue weighted by Gasteiger charge is 2.35. The molecular formula is C35H62O3S. The summed E-state index contributed by atoms with van der Waals surface area (Å²) in [4.78, 5) is 12.2. The third kappa shape index (κ3) is 12.5. The van der Waals surface area contributed by atoms with E-state index in [1.165, 1.54) is 51.0 Å². The van der Waals surface area contributed by atoms with Crippen molar-refractivity contribution in [1.29, 1.82) is 0 Å². The van der Waals surface area contributed by atoms with Crippen LogP contribution < -0.4 is 0 Å². The SMILES string of the molecule is CC(=O)O[C@](C)(CCC[C@H](C)CCC[C@H](C)CCCC(C)C)CC(SC(C)C)c1c(C)c(C)c(C)c(C)c1O. The van der Waals surface area contributed by atoms with E-state index in [2.05, 4.69) is 69.2 Å². The van der Waals surface area contributed by atoms with Gasteiger partial charge in [0.2, 0.25) is 0 Å². The quantitative estimate of drug-likeness (QED) is 0.181.